The summed E-state index contributed by atoms with van der Waals surface area (Å²) in [5.74, 6) is 0.342. The van der Waals surface area contributed by atoms with Gasteiger partial charge in [-0.2, -0.15) is 13.2 Å². The molecule has 0 aromatic carbocycles. The van der Waals surface area contributed by atoms with E-state index >= 15 is 0 Å². The van der Waals surface area contributed by atoms with Crippen LogP contribution in [-0.2, 0) is 0 Å². The Hall–Kier alpha value is -0.330. The maximum absolute atomic E-state index is 12.9. The molecule has 1 aliphatic heterocycles. The maximum Gasteiger partial charge on any atom is 0.405 e. The SMILES string of the molecule is CC(N)C(N(C)CC1CCN(C)CC1)C(F)(F)F. The van der Waals surface area contributed by atoms with Gasteiger partial charge in [-0.05, 0) is 52.9 Å². The fraction of sp³-hybridized carbons (Fsp3) is 1.00. The largest absolute Gasteiger partial charge is 0.405 e. The van der Waals surface area contributed by atoms with Gasteiger partial charge in [0.05, 0.1) is 0 Å². The third-order valence-electron chi connectivity index (χ3n) is 3.69. The van der Waals surface area contributed by atoms with Crippen molar-refractivity contribution in [3.05, 3.63) is 0 Å². The van der Waals surface area contributed by atoms with Crippen molar-refractivity contribution in [3.8, 4) is 0 Å². The predicted octanol–water partition coefficient (Wildman–Crippen LogP) is 1.54. The van der Waals surface area contributed by atoms with E-state index in [9.17, 15) is 13.2 Å². The van der Waals surface area contributed by atoms with E-state index in [0.717, 1.165) is 25.9 Å². The molecular formula is C12H24F3N3. The van der Waals surface area contributed by atoms with Crippen molar-refractivity contribution >= 4 is 0 Å². The molecule has 0 spiro atoms. The van der Waals surface area contributed by atoms with Crippen LogP contribution in [-0.4, -0.2) is 61.8 Å². The van der Waals surface area contributed by atoms with E-state index in [1.165, 1.54) is 18.9 Å². The van der Waals surface area contributed by atoms with E-state index in [1.807, 2.05) is 7.05 Å². The number of rotatable bonds is 4. The lowest BCUT2D eigenvalue weighted by atomic mass is 9.95. The van der Waals surface area contributed by atoms with Crippen molar-refractivity contribution in [1.82, 2.24) is 9.80 Å². The van der Waals surface area contributed by atoms with E-state index in [4.69, 9.17) is 5.73 Å². The van der Waals surface area contributed by atoms with Gasteiger partial charge in [0.15, 0.2) is 0 Å². The number of likely N-dealkylation sites (N-methyl/N-ethyl adjacent to an activating group) is 1. The quantitative estimate of drug-likeness (QED) is 0.838. The van der Waals surface area contributed by atoms with Gasteiger partial charge in [0, 0.05) is 12.6 Å². The molecule has 2 atom stereocenters. The average molecular weight is 267 g/mol. The fourth-order valence-electron chi connectivity index (χ4n) is 2.71. The molecular weight excluding hydrogens is 243 g/mol. The maximum atomic E-state index is 12.9. The highest BCUT2D eigenvalue weighted by Crippen LogP contribution is 2.27. The summed E-state index contributed by atoms with van der Waals surface area (Å²) in [7, 11) is 3.57. The third-order valence-corrected chi connectivity index (χ3v) is 3.69. The summed E-state index contributed by atoms with van der Waals surface area (Å²) in [5.41, 5.74) is 5.48. The van der Waals surface area contributed by atoms with Crippen molar-refractivity contribution < 1.29 is 13.2 Å². The lowest BCUT2D eigenvalue weighted by Crippen LogP contribution is -2.55. The van der Waals surface area contributed by atoms with Crippen LogP contribution in [0.5, 0.6) is 0 Å². The number of likely N-dealkylation sites (tertiary alicyclic amines) is 1. The monoisotopic (exact) mass is 267 g/mol. The zero-order valence-electron chi connectivity index (χ0n) is 11.4. The Morgan fingerprint density at radius 2 is 1.83 bits per heavy atom. The number of nitrogens with zero attached hydrogens (tertiary/aromatic N) is 2. The Morgan fingerprint density at radius 3 is 2.22 bits per heavy atom. The predicted molar refractivity (Wildman–Crippen MR) is 66.3 cm³/mol. The van der Waals surface area contributed by atoms with Crippen LogP contribution < -0.4 is 5.73 Å². The minimum Gasteiger partial charge on any atom is -0.326 e. The van der Waals surface area contributed by atoms with E-state index in [2.05, 4.69) is 4.90 Å². The van der Waals surface area contributed by atoms with Crippen molar-refractivity contribution in [1.29, 1.82) is 0 Å². The summed E-state index contributed by atoms with van der Waals surface area (Å²) in [6.07, 6.45) is -2.33. The number of alkyl halides is 3. The van der Waals surface area contributed by atoms with Gasteiger partial charge in [-0.25, -0.2) is 0 Å². The van der Waals surface area contributed by atoms with Crippen LogP contribution >= 0.6 is 0 Å². The molecule has 1 saturated heterocycles. The van der Waals surface area contributed by atoms with Crippen molar-refractivity contribution in [2.75, 3.05) is 33.7 Å². The van der Waals surface area contributed by atoms with Gasteiger partial charge in [0.2, 0.25) is 0 Å². The first-order valence-electron chi connectivity index (χ1n) is 6.43. The van der Waals surface area contributed by atoms with Crippen LogP contribution in [0.3, 0.4) is 0 Å². The Balaban J connectivity index is 2.54. The average Bonchev–Trinajstić information content (AvgIpc) is 2.18. The smallest absolute Gasteiger partial charge is 0.326 e. The molecule has 0 aromatic heterocycles. The molecule has 1 aliphatic rings. The summed E-state index contributed by atoms with van der Waals surface area (Å²) in [4.78, 5) is 3.59. The molecule has 0 radical (unpaired) electrons. The second-order valence-electron chi connectivity index (χ2n) is 5.53. The fourth-order valence-corrected chi connectivity index (χ4v) is 2.71. The molecule has 0 aliphatic carbocycles. The minimum absolute atomic E-state index is 0.342. The van der Waals surface area contributed by atoms with Gasteiger partial charge in [-0.3, -0.25) is 4.90 Å². The Labute approximate surface area is 107 Å². The van der Waals surface area contributed by atoms with E-state index in [1.54, 1.807) is 0 Å². The molecule has 1 heterocycles. The molecule has 2 N–H and O–H groups in total. The van der Waals surface area contributed by atoms with Crippen molar-refractivity contribution in [2.24, 2.45) is 11.7 Å². The summed E-state index contributed by atoms with van der Waals surface area (Å²) >= 11 is 0. The van der Waals surface area contributed by atoms with E-state index in [0.29, 0.717) is 12.5 Å². The van der Waals surface area contributed by atoms with Crippen LogP contribution in [0.4, 0.5) is 13.2 Å². The van der Waals surface area contributed by atoms with Crippen LogP contribution in [0.15, 0.2) is 0 Å². The second kappa shape index (κ2) is 6.21. The molecule has 0 saturated carbocycles. The highest BCUT2D eigenvalue weighted by atomic mass is 19.4. The van der Waals surface area contributed by atoms with Crippen LogP contribution in [0.2, 0.25) is 0 Å². The Bertz CT molecular complexity index is 247. The topological polar surface area (TPSA) is 32.5 Å². The van der Waals surface area contributed by atoms with Crippen molar-refractivity contribution in [3.63, 3.8) is 0 Å². The summed E-state index contributed by atoms with van der Waals surface area (Å²) in [6.45, 7) is 3.82. The van der Waals surface area contributed by atoms with Gasteiger partial charge >= 0.3 is 6.18 Å². The second-order valence-corrected chi connectivity index (χ2v) is 5.53. The normalized spacial score (nSPS) is 23.3. The van der Waals surface area contributed by atoms with E-state index < -0.39 is 18.3 Å². The molecule has 0 amide bonds. The number of hydrogen-bond acceptors (Lipinski definition) is 3. The lowest BCUT2D eigenvalue weighted by molar-refractivity contribution is -0.186. The summed E-state index contributed by atoms with van der Waals surface area (Å²) in [5, 5.41) is 0. The number of hydrogen-bond donors (Lipinski definition) is 1. The summed E-state index contributed by atoms with van der Waals surface area (Å²) < 4.78 is 38.7. The van der Waals surface area contributed by atoms with Gasteiger partial charge < -0.3 is 10.6 Å². The summed E-state index contributed by atoms with van der Waals surface area (Å²) in [6, 6.07) is -2.45. The molecule has 18 heavy (non-hydrogen) atoms. The van der Waals surface area contributed by atoms with Gasteiger partial charge in [0.25, 0.3) is 0 Å². The molecule has 2 unspecified atom stereocenters. The molecule has 1 rings (SSSR count). The lowest BCUT2D eigenvalue weighted by Gasteiger charge is -2.37. The highest BCUT2D eigenvalue weighted by molar-refractivity contribution is 4.86. The number of nitrogens with two attached hydrogens (primary N) is 1. The van der Waals surface area contributed by atoms with Gasteiger partial charge in [0.1, 0.15) is 6.04 Å². The van der Waals surface area contributed by atoms with Gasteiger partial charge in [-0.1, -0.05) is 0 Å². The molecule has 1 fully saturated rings. The zero-order valence-corrected chi connectivity index (χ0v) is 11.4. The standard InChI is InChI=1S/C12H24F3N3/c1-9(16)11(12(13,14)15)18(3)8-10-4-6-17(2)7-5-10/h9-11H,4-8,16H2,1-3H3. The Morgan fingerprint density at radius 1 is 1.33 bits per heavy atom. The zero-order chi connectivity index (χ0) is 13.9. The molecule has 3 nitrogen and oxygen atoms in total. The van der Waals surface area contributed by atoms with Crippen molar-refractivity contribution in [2.45, 2.75) is 38.0 Å². The molecule has 0 aromatic rings. The highest BCUT2D eigenvalue weighted by Gasteiger charge is 2.44. The number of piperidine rings is 1. The van der Waals surface area contributed by atoms with Crippen LogP contribution in [0, 0.1) is 5.92 Å². The number of halogens is 3. The first-order chi connectivity index (χ1) is 8.21. The molecule has 0 bridgehead atoms. The Kier molecular flexibility index (Phi) is 5.43. The minimum atomic E-state index is -4.26. The first kappa shape index (κ1) is 15.7. The van der Waals surface area contributed by atoms with Crippen LogP contribution in [0.1, 0.15) is 19.8 Å². The molecule has 6 heteroatoms. The van der Waals surface area contributed by atoms with E-state index in [-0.39, 0.29) is 0 Å². The molecule has 108 valence electrons. The van der Waals surface area contributed by atoms with Gasteiger partial charge in [-0.15, -0.1) is 0 Å². The van der Waals surface area contributed by atoms with Crippen LogP contribution in [0.25, 0.3) is 0 Å². The first-order valence-corrected chi connectivity index (χ1v) is 6.43. The third kappa shape index (κ3) is 4.40.